The number of halogens is 1. The van der Waals surface area contributed by atoms with Crippen LogP contribution in [0.5, 0.6) is 5.75 Å². The summed E-state index contributed by atoms with van der Waals surface area (Å²) < 4.78 is 10.6. The van der Waals surface area contributed by atoms with Crippen molar-refractivity contribution in [2.45, 2.75) is 32.9 Å². The predicted octanol–water partition coefficient (Wildman–Crippen LogP) is 3.22. The number of rotatable bonds is 5. The number of benzene rings is 1. The van der Waals surface area contributed by atoms with Crippen molar-refractivity contribution in [3.05, 3.63) is 34.1 Å². The molecule has 1 aliphatic rings. The summed E-state index contributed by atoms with van der Waals surface area (Å²) in [6.45, 7) is 3.43. The van der Waals surface area contributed by atoms with Gasteiger partial charge in [-0.3, -0.25) is 4.68 Å². The van der Waals surface area contributed by atoms with E-state index in [1.54, 1.807) is 4.68 Å². The summed E-state index contributed by atoms with van der Waals surface area (Å²) in [4.78, 5) is 0. The predicted molar refractivity (Wildman–Crippen MR) is 90.2 cm³/mol. The van der Waals surface area contributed by atoms with Gasteiger partial charge in [0, 0.05) is 25.4 Å². The number of aryl methyl sites for hydroxylation is 2. The maximum Gasteiger partial charge on any atom is 0.136 e. The summed E-state index contributed by atoms with van der Waals surface area (Å²) in [7, 11) is 1.91. The lowest BCUT2D eigenvalue weighted by atomic mass is 10.2. The van der Waals surface area contributed by atoms with E-state index >= 15 is 0 Å². The summed E-state index contributed by atoms with van der Waals surface area (Å²) in [5, 5.41) is 12.9. The molecule has 3 aromatic rings. The SMILES string of the molecule is Cc1nn(C)cc1COc1ccc2c(nnn2CC2CC2)c1Br. The number of nitrogens with zero attached hydrogens (tertiary/aromatic N) is 5. The third-order valence-electron chi connectivity index (χ3n) is 4.22. The highest BCUT2D eigenvalue weighted by molar-refractivity contribution is 9.10. The molecule has 0 amide bonds. The normalized spacial score (nSPS) is 14.6. The zero-order valence-corrected chi connectivity index (χ0v) is 14.7. The highest BCUT2D eigenvalue weighted by Gasteiger charge is 2.23. The lowest BCUT2D eigenvalue weighted by Gasteiger charge is -2.08. The van der Waals surface area contributed by atoms with Crippen molar-refractivity contribution < 1.29 is 4.74 Å². The van der Waals surface area contributed by atoms with Crippen LogP contribution < -0.4 is 4.74 Å². The monoisotopic (exact) mass is 375 g/mol. The van der Waals surface area contributed by atoms with Crippen molar-refractivity contribution in [1.29, 1.82) is 0 Å². The maximum absolute atomic E-state index is 5.95. The number of ether oxygens (including phenoxy) is 1. The molecule has 6 nitrogen and oxygen atoms in total. The zero-order valence-electron chi connectivity index (χ0n) is 13.2. The Labute approximate surface area is 142 Å². The van der Waals surface area contributed by atoms with Gasteiger partial charge in [0.2, 0.25) is 0 Å². The number of fused-ring (bicyclic) bond motifs is 1. The Balaban J connectivity index is 1.57. The standard InChI is InChI=1S/C16H18BrN5O/c1-10-12(8-21(2)19-10)9-23-14-6-5-13-16(15(14)17)18-20-22(13)7-11-3-4-11/h5-6,8,11H,3-4,7,9H2,1-2H3. The molecule has 0 unspecified atom stereocenters. The van der Waals surface area contributed by atoms with Crippen molar-refractivity contribution in [1.82, 2.24) is 24.8 Å². The van der Waals surface area contributed by atoms with Crippen LogP contribution in [-0.4, -0.2) is 24.8 Å². The Morgan fingerprint density at radius 1 is 1.35 bits per heavy atom. The third-order valence-corrected chi connectivity index (χ3v) is 4.98. The molecule has 4 rings (SSSR count). The molecule has 2 aromatic heterocycles. The van der Waals surface area contributed by atoms with E-state index in [0.717, 1.165) is 45.0 Å². The first-order valence-electron chi connectivity index (χ1n) is 7.75. The van der Waals surface area contributed by atoms with Crippen LogP contribution in [0.4, 0.5) is 0 Å². The van der Waals surface area contributed by atoms with Gasteiger partial charge in [-0.05, 0) is 53.7 Å². The van der Waals surface area contributed by atoms with Crippen LogP contribution in [0.2, 0.25) is 0 Å². The minimum Gasteiger partial charge on any atom is -0.488 e. The van der Waals surface area contributed by atoms with Crippen LogP contribution in [0.25, 0.3) is 11.0 Å². The maximum atomic E-state index is 5.95. The number of aromatic nitrogens is 5. The van der Waals surface area contributed by atoms with E-state index in [1.807, 2.05) is 37.0 Å². The van der Waals surface area contributed by atoms with Crippen LogP contribution in [0, 0.1) is 12.8 Å². The molecule has 7 heteroatoms. The molecular weight excluding hydrogens is 358 g/mol. The van der Waals surface area contributed by atoms with Crippen LogP contribution >= 0.6 is 15.9 Å². The molecule has 1 fully saturated rings. The summed E-state index contributed by atoms with van der Waals surface area (Å²) in [5.74, 6) is 1.54. The van der Waals surface area contributed by atoms with Crippen molar-refractivity contribution in [2.75, 3.05) is 0 Å². The molecule has 0 atom stereocenters. The third kappa shape index (κ3) is 2.85. The number of hydrogen-bond acceptors (Lipinski definition) is 4. The Bertz CT molecular complexity index is 865. The van der Waals surface area contributed by atoms with Gasteiger partial charge in [0.15, 0.2) is 0 Å². The Hall–Kier alpha value is -1.89. The molecule has 0 bridgehead atoms. The van der Waals surface area contributed by atoms with Crippen molar-refractivity contribution >= 4 is 27.0 Å². The minimum absolute atomic E-state index is 0.486. The molecule has 0 radical (unpaired) electrons. The van der Waals surface area contributed by atoms with Crippen LogP contribution in [-0.2, 0) is 20.2 Å². The van der Waals surface area contributed by atoms with Crippen molar-refractivity contribution in [2.24, 2.45) is 13.0 Å². The van der Waals surface area contributed by atoms with E-state index < -0.39 is 0 Å². The highest BCUT2D eigenvalue weighted by atomic mass is 79.9. The first-order valence-corrected chi connectivity index (χ1v) is 8.54. The van der Waals surface area contributed by atoms with Crippen LogP contribution in [0.3, 0.4) is 0 Å². The van der Waals surface area contributed by atoms with E-state index in [0.29, 0.717) is 6.61 Å². The summed E-state index contributed by atoms with van der Waals surface area (Å²) in [6.07, 6.45) is 4.58. The number of hydrogen-bond donors (Lipinski definition) is 0. The quantitative estimate of drug-likeness (QED) is 0.686. The zero-order chi connectivity index (χ0) is 16.0. The van der Waals surface area contributed by atoms with Gasteiger partial charge in [-0.15, -0.1) is 5.10 Å². The molecular formula is C16H18BrN5O. The lowest BCUT2D eigenvalue weighted by Crippen LogP contribution is -2.01. The Morgan fingerprint density at radius 3 is 2.87 bits per heavy atom. The van der Waals surface area contributed by atoms with E-state index in [-0.39, 0.29) is 0 Å². The van der Waals surface area contributed by atoms with E-state index in [1.165, 1.54) is 12.8 Å². The molecule has 0 spiro atoms. The fourth-order valence-corrected chi connectivity index (χ4v) is 3.25. The van der Waals surface area contributed by atoms with Gasteiger partial charge in [0.1, 0.15) is 17.9 Å². The van der Waals surface area contributed by atoms with Crippen LogP contribution in [0.1, 0.15) is 24.1 Å². The van der Waals surface area contributed by atoms with Gasteiger partial charge in [-0.25, -0.2) is 4.68 Å². The van der Waals surface area contributed by atoms with Gasteiger partial charge in [0.05, 0.1) is 15.7 Å². The van der Waals surface area contributed by atoms with Crippen molar-refractivity contribution in [3.8, 4) is 5.75 Å². The van der Waals surface area contributed by atoms with E-state index in [9.17, 15) is 0 Å². The van der Waals surface area contributed by atoms with Gasteiger partial charge in [0.25, 0.3) is 0 Å². The lowest BCUT2D eigenvalue weighted by molar-refractivity contribution is 0.304. The topological polar surface area (TPSA) is 57.8 Å². The second kappa shape index (κ2) is 5.63. The first kappa shape index (κ1) is 14.7. The van der Waals surface area contributed by atoms with E-state index in [2.05, 4.69) is 31.3 Å². The van der Waals surface area contributed by atoms with Gasteiger partial charge >= 0.3 is 0 Å². The Morgan fingerprint density at radius 2 is 2.17 bits per heavy atom. The first-order chi connectivity index (χ1) is 11.1. The fourth-order valence-electron chi connectivity index (χ4n) is 2.72. The van der Waals surface area contributed by atoms with Crippen LogP contribution in [0.15, 0.2) is 22.8 Å². The molecule has 0 saturated heterocycles. The van der Waals surface area contributed by atoms with Crippen molar-refractivity contribution in [3.63, 3.8) is 0 Å². The highest BCUT2D eigenvalue weighted by Crippen LogP contribution is 2.35. The smallest absolute Gasteiger partial charge is 0.136 e. The molecule has 120 valence electrons. The molecule has 0 aliphatic heterocycles. The fraction of sp³-hybridized carbons (Fsp3) is 0.438. The second-order valence-electron chi connectivity index (χ2n) is 6.16. The summed E-state index contributed by atoms with van der Waals surface area (Å²) >= 11 is 3.61. The molecule has 1 aliphatic carbocycles. The largest absolute Gasteiger partial charge is 0.488 e. The second-order valence-corrected chi connectivity index (χ2v) is 6.96. The van der Waals surface area contributed by atoms with Gasteiger partial charge in [-0.1, -0.05) is 5.21 Å². The molecule has 0 N–H and O–H groups in total. The molecule has 2 heterocycles. The minimum atomic E-state index is 0.486. The molecule has 1 aromatic carbocycles. The summed E-state index contributed by atoms with van der Waals surface area (Å²) in [5.41, 5.74) is 3.97. The van der Waals surface area contributed by atoms with Gasteiger partial charge < -0.3 is 4.74 Å². The average Bonchev–Trinajstić information content (AvgIpc) is 3.15. The Kier molecular flexibility index (Phi) is 3.60. The molecule has 1 saturated carbocycles. The van der Waals surface area contributed by atoms with E-state index in [4.69, 9.17) is 4.74 Å². The van der Waals surface area contributed by atoms with Gasteiger partial charge in [-0.2, -0.15) is 5.10 Å². The summed E-state index contributed by atoms with van der Waals surface area (Å²) in [6, 6.07) is 4.01. The average molecular weight is 376 g/mol. The molecule has 23 heavy (non-hydrogen) atoms.